The number of carbonyl (C=O) groups excluding carboxylic acids is 2. The van der Waals surface area contributed by atoms with Crippen LogP contribution in [0.3, 0.4) is 0 Å². The van der Waals surface area contributed by atoms with Crippen molar-refractivity contribution in [1.29, 1.82) is 5.26 Å². The predicted molar refractivity (Wildman–Crippen MR) is 85.6 cm³/mol. The van der Waals surface area contributed by atoms with Gasteiger partial charge in [0.05, 0.1) is 28.8 Å². The van der Waals surface area contributed by atoms with Crippen LogP contribution in [0.5, 0.6) is 0 Å². The molecule has 5 nitrogen and oxygen atoms in total. The molecule has 0 saturated carbocycles. The molecule has 0 radical (unpaired) electrons. The minimum absolute atomic E-state index is 0.149. The second-order valence-corrected chi connectivity index (χ2v) is 5.57. The van der Waals surface area contributed by atoms with Crippen molar-refractivity contribution in [2.45, 2.75) is 13.3 Å². The summed E-state index contributed by atoms with van der Waals surface area (Å²) in [5.41, 5.74) is 0.741. The molecule has 0 saturated heterocycles. The molecule has 21 heavy (non-hydrogen) atoms. The number of hydrogen-bond acceptors (Lipinski definition) is 4. The molecule has 112 valence electrons. The topological polar surface area (TPSA) is 82.0 Å². The van der Waals surface area contributed by atoms with Gasteiger partial charge in [-0.3, -0.25) is 9.59 Å². The first kappa shape index (κ1) is 17.3. The Kier molecular flexibility index (Phi) is 7.65. The fourth-order valence-corrected chi connectivity index (χ4v) is 2.15. The maximum atomic E-state index is 12.0. The molecule has 2 N–H and O–H groups in total. The molecule has 7 heteroatoms. The van der Waals surface area contributed by atoms with Crippen molar-refractivity contribution in [3.8, 4) is 6.07 Å². The van der Waals surface area contributed by atoms with Gasteiger partial charge in [0.15, 0.2) is 0 Å². The van der Waals surface area contributed by atoms with Gasteiger partial charge in [-0.15, -0.1) is 11.8 Å². The second kappa shape index (κ2) is 9.27. The molecule has 0 aliphatic heterocycles. The highest BCUT2D eigenvalue weighted by molar-refractivity contribution is 8.00. The molecule has 0 spiro atoms. The van der Waals surface area contributed by atoms with Gasteiger partial charge < -0.3 is 10.6 Å². The highest BCUT2D eigenvalue weighted by Crippen LogP contribution is 2.21. The lowest BCUT2D eigenvalue weighted by Crippen LogP contribution is -2.26. The Hall–Kier alpha value is -1.71. The molecular formula is C14H16ClN3O2S. The monoisotopic (exact) mass is 325 g/mol. The van der Waals surface area contributed by atoms with E-state index in [9.17, 15) is 9.59 Å². The van der Waals surface area contributed by atoms with Crippen LogP contribution in [0.15, 0.2) is 18.2 Å². The summed E-state index contributed by atoms with van der Waals surface area (Å²) in [7, 11) is 0. The largest absolute Gasteiger partial charge is 0.352 e. The zero-order valence-electron chi connectivity index (χ0n) is 11.6. The minimum atomic E-state index is -0.276. The summed E-state index contributed by atoms with van der Waals surface area (Å²) >= 11 is 7.11. The van der Waals surface area contributed by atoms with Gasteiger partial charge in [0.1, 0.15) is 0 Å². The van der Waals surface area contributed by atoms with Gasteiger partial charge >= 0.3 is 0 Å². The Morgan fingerprint density at radius 1 is 1.43 bits per heavy atom. The van der Waals surface area contributed by atoms with Crippen LogP contribution >= 0.6 is 23.4 Å². The fourth-order valence-electron chi connectivity index (χ4n) is 1.53. The molecule has 1 rings (SSSR count). The van der Waals surface area contributed by atoms with E-state index in [2.05, 4.69) is 10.6 Å². The Morgan fingerprint density at radius 2 is 2.19 bits per heavy atom. The molecule has 1 aromatic rings. The van der Waals surface area contributed by atoms with Crippen molar-refractivity contribution in [3.05, 3.63) is 28.8 Å². The number of anilines is 1. The smallest absolute Gasteiger partial charge is 0.253 e. The molecule has 0 fully saturated rings. The van der Waals surface area contributed by atoms with Crippen molar-refractivity contribution in [3.63, 3.8) is 0 Å². The highest BCUT2D eigenvalue weighted by Gasteiger charge is 2.13. The first-order valence-corrected chi connectivity index (χ1v) is 7.94. The molecule has 0 aromatic heterocycles. The number of thioether (sulfide) groups is 1. The molecule has 0 unspecified atom stereocenters. The van der Waals surface area contributed by atoms with E-state index in [0.29, 0.717) is 22.8 Å². The normalized spacial score (nSPS) is 9.76. The summed E-state index contributed by atoms with van der Waals surface area (Å²) in [6.07, 6.45) is 0.825. The number of amides is 2. The third kappa shape index (κ3) is 6.06. The highest BCUT2D eigenvalue weighted by atomic mass is 35.5. The summed E-state index contributed by atoms with van der Waals surface area (Å²) in [6.45, 7) is 2.52. The van der Waals surface area contributed by atoms with E-state index in [0.717, 1.165) is 6.42 Å². The summed E-state index contributed by atoms with van der Waals surface area (Å²) in [4.78, 5) is 23.8. The van der Waals surface area contributed by atoms with Crippen LogP contribution in [0.25, 0.3) is 0 Å². The summed E-state index contributed by atoms with van der Waals surface area (Å²) in [5, 5.41) is 14.3. The quantitative estimate of drug-likeness (QED) is 0.755. The molecular weight excluding hydrogens is 310 g/mol. The predicted octanol–water partition coefficient (Wildman–Crippen LogP) is 2.68. The number of halogens is 1. The van der Waals surface area contributed by atoms with E-state index in [4.69, 9.17) is 16.9 Å². The maximum absolute atomic E-state index is 12.0. The zero-order chi connectivity index (χ0) is 15.7. The molecule has 0 bridgehead atoms. The van der Waals surface area contributed by atoms with Crippen LogP contribution in [0.1, 0.15) is 23.7 Å². The first-order chi connectivity index (χ1) is 10.1. The van der Waals surface area contributed by atoms with Crippen LogP contribution in [0.4, 0.5) is 5.69 Å². The van der Waals surface area contributed by atoms with E-state index in [1.54, 1.807) is 12.1 Å². The number of nitrogens with zero attached hydrogens (tertiary/aromatic N) is 1. The van der Waals surface area contributed by atoms with Crippen LogP contribution < -0.4 is 10.6 Å². The Bertz CT molecular complexity index is 558. The number of hydrogen-bond donors (Lipinski definition) is 2. The van der Waals surface area contributed by atoms with E-state index in [1.807, 2.05) is 13.0 Å². The molecule has 0 aliphatic rings. The van der Waals surface area contributed by atoms with Crippen LogP contribution in [-0.2, 0) is 4.79 Å². The SMILES string of the molecule is CCCNC(=O)c1ccc(Cl)cc1NC(=O)CSCC#N. The third-order valence-corrected chi connectivity index (χ3v) is 3.47. The Labute approximate surface area is 133 Å². The molecule has 2 amide bonds. The number of nitriles is 1. The standard InChI is InChI=1S/C14H16ClN3O2S/c1-2-6-17-14(20)11-4-3-10(15)8-12(11)18-13(19)9-21-7-5-16/h3-4,8H,2,6-7,9H2,1H3,(H,17,20)(H,18,19). The van der Waals surface area contributed by atoms with Crippen molar-refractivity contribution >= 4 is 40.9 Å². The van der Waals surface area contributed by atoms with Crippen LogP contribution in [-0.4, -0.2) is 29.9 Å². The van der Waals surface area contributed by atoms with Gasteiger partial charge in [-0.1, -0.05) is 18.5 Å². The van der Waals surface area contributed by atoms with Crippen molar-refractivity contribution in [1.82, 2.24) is 5.32 Å². The van der Waals surface area contributed by atoms with E-state index < -0.39 is 0 Å². The maximum Gasteiger partial charge on any atom is 0.253 e. The van der Waals surface area contributed by atoms with E-state index in [-0.39, 0.29) is 23.3 Å². The molecule has 0 aliphatic carbocycles. The van der Waals surface area contributed by atoms with Gasteiger partial charge in [-0.2, -0.15) is 5.26 Å². The number of nitrogens with one attached hydrogen (secondary N) is 2. The van der Waals surface area contributed by atoms with Crippen molar-refractivity contribution in [2.75, 3.05) is 23.4 Å². The number of rotatable bonds is 7. The molecule has 0 heterocycles. The lowest BCUT2D eigenvalue weighted by molar-refractivity contribution is -0.113. The van der Waals surface area contributed by atoms with Gasteiger partial charge in [-0.25, -0.2) is 0 Å². The van der Waals surface area contributed by atoms with E-state index >= 15 is 0 Å². The lowest BCUT2D eigenvalue weighted by Gasteiger charge is -2.11. The molecule has 0 atom stereocenters. The van der Waals surface area contributed by atoms with Gasteiger partial charge in [0.2, 0.25) is 5.91 Å². The number of benzene rings is 1. The average Bonchev–Trinajstić information content (AvgIpc) is 2.45. The van der Waals surface area contributed by atoms with Gasteiger partial charge in [-0.05, 0) is 24.6 Å². The molecule has 1 aromatic carbocycles. The second-order valence-electron chi connectivity index (χ2n) is 4.14. The summed E-state index contributed by atoms with van der Waals surface area (Å²) in [6, 6.07) is 6.66. The zero-order valence-corrected chi connectivity index (χ0v) is 13.2. The van der Waals surface area contributed by atoms with Crippen LogP contribution in [0, 0.1) is 11.3 Å². The fraction of sp³-hybridized carbons (Fsp3) is 0.357. The van der Waals surface area contributed by atoms with Crippen molar-refractivity contribution < 1.29 is 9.59 Å². The minimum Gasteiger partial charge on any atom is -0.352 e. The summed E-state index contributed by atoms with van der Waals surface area (Å²) < 4.78 is 0. The Balaban J connectivity index is 2.80. The third-order valence-electron chi connectivity index (χ3n) is 2.44. The van der Waals surface area contributed by atoms with Gasteiger partial charge in [0.25, 0.3) is 5.91 Å². The average molecular weight is 326 g/mol. The summed E-state index contributed by atoms with van der Waals surface area (Å²) in [5.74, 6) is -0.140. The van der Waals surface area contributed by atoms with Crippen LogP contribution in [0.2, 0.25) is 5.02 Å². The number of carbonyl (C=O) groups is 2. The van der Waals surface area contributed by atoms with Gasteiger partial charge in [0, 0.05) is 11.6 Å². The Morgan fingerprint density at radius 3 is 2.86 bits per heavy atom. The van der Waals surface area contributed by atoms with E-state index in [1.165, 1.54) is 17.8 Å². The van der Waals surface area contributed by atoms with Crippen molar-refractivity contribution in [2.24, 2.45) is 0 Å². The first-order valence-electron chi connectivity index (χ1n) is 6.40. The lowest BCUT2D eigenvalue weighted by atomic mass is 10.1.